The molecule has 1 aliphatic rings. The van der Waals surface area contributed by atoms with Crippen LogP contribution in [-0.2, 0) is 28.7 Å². The van der Waals surface area contributed by atoms with E-state index in [1.54, 1.807) is 36.4 Å². The zero-order chi connectivity index (χ0) is 32.9. The van der Waals surface area contributed by atoms with E-state index in [0.29, 0.717) is 40.4 Å². The van der Waals surface area contributed by atoms with Crippen LogP contribution in [0.2, 0.25) is 0 Å². The van der Waals surface area contributed by atoms with Crippen LogP contribution in [0.3, 0.4) is 0 Å². The van der Waals surface area contributed by atoms with E-state index >= 15 is 0 Å². The number of amides is 1. The Morgan fingerprint density at radius 1 is 0.978 bits per heavy atom. The summed E-state index contributed by atoms with van der Waals surface area (Å²) in [6.45, 7) is -0.0449. The van der Waals surface area contributed by atoms with Crippen LogP contribution in [0.1, 0.15) is 40.3 Å². The highest BCUT2D eigenvalue weighted by Crippen LogP contribution is 2.45. The summed E-state index contributed by atoms with van der Waals surface area (Å²) in [4.78, 5) is 19.3. The molecule has 0 aliphatic carbocycles. The first kappa shape index (κ1) is 33.6. The Morgan fingerprint density at radius 2 is 1.67 bits per heavy atom. The number of benzene rings is 4. The van der Waals surface area contributed by atoms with Gasteiger partial charge in [0.25, 0.3) is 5.91 Å². The molecular formula is C34H28Br2F4N2O4. The zero-order valence-electron chi connectivity index (χ0n) is 24.2. The molecule has 1 heterocycles. The van der Waals surface area contributed by atoms with Gasteiger partial charge in [-0.1, -0.05) is 68.3 Å². The summed E-state index contributed by atoms with van der Waals surface area (Å²) in [6, 6.07) is 23.6. The van der Waals surface area contributed by atoms with Crippen LogP contribution in [0.5, 0.6) is 5.75 Å². The van der Waals surface area contributed by atoms with Gasteiger partial charge in [0.05, 0.1) is 12.2 Å². The van der Waals surface area contributed by atoms with E-state index < -0.39 is 35.1 Å². The summed E-state index contributed by atoms with van der Waals surface area (Å²) in [5.74, 6) is -0.944. The monoisotopic (exact) mass is 762 g/mol. The second-order valence-electron chi connectivity index (χ2n) is 10.6. The van der Waals surface area contributed by atoms with Crippen LogP contribution in [-0.4, -0.2) is 35.7 Å². The van der Waals surface area contributed by atoms with Crippen molar-refractivity contribution in [3.05, 3.63) is 134 Å². The van der Waals surface area contributed by atoms with Gasteiger partial charge in [0.15, 0.2) is 11.6 Å². The third kappa shape index (κ3) is 7.62. The summed E-state index contributed by atoms with van der Waals surface area (Å²) in [5, 5.41) is 11.8. The third-order valence-electron chi connectivity index (χ3n) is 7.37. The van der Waals surface area contributed by atoms with Crippen molar-refractivity contribution in [1.82, 2.24) is 5.32 Å². The molecule has 46 heavy (non-hydrogen) atoms. The molecule has 1 aliphatic heterocycles. The number of carbonyl (C=O) groups is 1. The van der Waals surface area contributed by atoms with E-state index in [1.807, 2.05) is 36.4 Å². The molecule has 0 spiro atoms. The molecule has 0 radical (unpaired) electrons. The molecule has 0 unspecified atom stereocenters. The van der Waals surface area contributed by atoms with E-state index in [4.69, 9.17) is 19.6 Å². The van der Waals surface area contributed by atoms with Crippen molar-refractivity contribution in [2.75, 3.05) is 13.2 Å². The molecule has 0 bridgehead atoms. The summed E-state index contributed by atoms with van der Waals surface area (Å²) < 4.78 is 67.9. The molecule has 12 heteroatoms. The molecule has 1 amide bonds. The molecule has 240 valence electrons. The number of aliphatic hydroxyl groups is 1. The molecule has 4 aromatic carbocycles. The molecule has 2 atom stereocenters. The van der Waals surface area contributed by atoms with Gasteiger partial charge < -0.3 is 19.9 Å². The number of ether oxygens (including phenoxy) is 2. The Morgan fingerprint density at radius 3 is 2.35 bits per heavy atom. The van der Waals surface area contributed by atoms with Crippen molar-refractivity contribution in [3.63, 3.8) is 0 Å². The average molecular weight is 764 g/mol. The number of aliphatic imine (C=N–C) groups is 1. The van der Waals surface area contributed by atoms with Crippen molar-refractivity contribution in [2.24, 2.45) is 4.99 Å². The minimum absolute atomic E-state index is 0.00352. The Balaban J connectivity index is 1.57. The van der Waals surface area contributed by atoms with Crippen LogP contribution in [0.15, 0.2) is 105 Å². The van der Waals surface area contributed by atoms with Gasteiger partial charge >= 0.3 is 6.18 Å². The Bertz CT molecular complexity index is 1730. The molecule has 2 N–H and O–H groups in total. The summed E-state index contributed by atoms with van der Waals surface area (Å²) in [7, 11) is 0. The number of nitrogens with zero attached hydrogens (tertiary/aromatic N) is 1. The van der Waals surface area contributed by atoms with Crippen LogP contribution in [0.25, 0.3) is 0 Å². The van der Waals surface area contributed by atoms with E-state index in [1.165, 1.54) is 0 Å². The SMILES string of the molecule is O=C(NCc1cc(F)cc(C(F)(F)F)c1)[C@]1(Cc2ccccc2Br)N=C(c2ccc(OCCCO)cc2)O[C@@H]1c1ccccc1Br. The van der Waals surface area contributed by atoms with Crippen LogP contribution >= 0.6 is 31.9 Å². The van der Waals surface area contributed by atoms with Gasteiger partial charge in [-0.3, -0.25) is 4.79 Å². The van der Waals surface area contributed by atoms with Crippen molar-refractivity contribution < 1.29 is 36.9 Å². The van der Waals surface area contributed by atoms with Gasteiger partial charge in [-0.15, -0.1) is 0 Å². The third-order valence-corrected chi connectivity index (χ3v) is 8.87. The minimum atomic E-state index is -4.76. The number of hydrogen-bond donors (Lipinski definition) is 2. The summed E-state index contributed by atoms with van der Waals surface area (Å²) in [6.07, 6.45) is -5.20. The smallest absolute Gasteiger partial charge is 0.416 e. The van der Waals surface area contributed by atoms with Gasteiger partial charge in [0.1, 0.15) is 11.6 Å². The fourth-order valence-corrected chi connectivity index (χ4v) is 6.05. The standard InChI is InChI=1S/C34H28Br2F4N2O4/c35-28-8-3-1-6-23(28)19-33(32(44)41-20-21-16-24(34(38,39)40)18-25(37)17-21)30(27-7-2-4-9-29(27)36)46-31(42-33)22-10-12-26(13-11-22)45-15-5-14-43/h1-4,6-13,16-18,30,43H,5,14-15,19-20H2,(H,41,44)/t30-,33-/m1/s1. The van der Waals surface area contributed by atoms with Gasteiger partial charge in [-0.2, -0.15) is 13.2 Å². The lowest BCUT2D eigenvalue weighted by molar-refractivity contribution is -0.137. The van der Waals surface area contributed by atoms with Crippen molar-refractivity contribution in [2.45, 2.75) is 37.2 Å². The second kappa shape index (κ2) is 14.4. The lowest BCUT2D eigenvalue weighted by Gasteiger charge is -2.31. The highest BCUT2D eigenvalue weighted by molar-refractivity contribution is 9.10. The number of rotatable bonds is 11. The minimum Gasteiger partial charge on any atom is -0.494 e. The van der Waals surface area contributed by atoms with Gasteiger partial charge in [0, 0.05) is 46.1 Å². The molecular weight excluding hydrogens is 736 g/mol. The molecule has 0 aromatic heterocycles. The van der Waals surface area contributed by atoms with Crippen LogP contribution < -0.4 is 10.1 Å². The number of nitrogens with one attached hydrogen (secondary N) is 1. The lowest BCUT2D eigenvalue weighted by atomic mass is 9.82. The van der Waals surface area contributed by atoms with Gasteiger partial charge in [-0.25, -0.2) is 9.38 Å². The predicted molar refractivity (Wildman–Crippen MR) is 172 cm³/mol. The van der Waals surface area contributed by atoms with Crippen LogP contribution in [0.4, 0.5) is 17.6 Å². The fraction of sp³-hybridized carbons (Fsp3) is 0.235. The van der Waals surface area contributed by atoms with Crippen molar-refractivity contribution in [3.8, 4) is 5.75 Å². The lowest BCUT2D eigenvalue weighted by Crippen LogP contribution is -2.49. The van der Waals surface area contributed by atoms with E-state index in [-0.39, 0.29) is 31.0 Å². The highest BCUT2D eigenvalue weighted by Gasteiger charge is 2.54. The Hall–Kier alpha value is -3.74. The first-order chi connectivity index (χ1) is 22.0. The average Bonchev–Trinajstić information content (AvgIpc) is 3.41. The van der Waals surface area contributed by atoms with E-state index in [9.17, 15) is 22.4 Å². The summed E-state index contributed by atoms with van der Waals surface area (Å²) >= 11 is 7.14. The van der Waals surface area contributed by atoms with Gasteiger partial charge in [0.2, 0.25) is 5.90 Å². The number of aliphatic hydroxyl groups excluding tert-OH is 1. The zero-order valence-corrected chi connectivity index (χ0v) is 27.3. The van der Waals surface area contributed by atoms with Crippen molar-refractivity contribution in [1.29, 1.82) is 0 Å². The topological polar surface area (TPSA) is 80.2 Å². The first-order valence-corrected chi connectivity index (χ1v) is 15.8. The number of carbonyl (C=O) groups excluding carboxylic acids is 1. The van der Waals surface area contributed by atoms with Crippen molar-refractivity contribution >= 4 is 43.7 Å². The number of hydrogen-bond acceptors (Lipinski definition) is 5. The molecule has 5 rings (SSSR count). The molecule has 6 nitrogen and oxygen atoms in total. The summed E-state index contributed by atoms with van der Waals surface area (Å²) in [5.41, 5.74) is -0.931. The maximum Gasteiger partial charge on any atom is 0.416 e. The molecule has 0 saturated heterocycles. The quantitative estimate of drug-likeness (QED) is 0.120. The van der Waals surface area contributed by atoms with Crippen LogP contribution in [0, 0.1) is 5.82 Å². The largest absolute Gasteiger partial charge is 0.494 e. The normalized spacial score (nSPS) is 17.7. The number of alkyl halides is 3. The maximum atomic E-state index is 14.4. The Kier molecular flexibility index (Phi) is 10.5. The predicted octanol–water partition coefficient (Wildman–Crippen LogP) is 7.95. The maximum absolute atomic E-state index is 14.4. The first-order valence-electron chi connectivity index (χ1n) is 14.2. The van der Waals surface area contributed by atoms with Gasteiger partial charge in [-0.05, 0) is 65.7 Å². The molecule has 0 saturated carbocycles. The molecule has 0 fully saturated rings. The van der Waals surface area contributed by atoms with E-state index in [0.717, 1.165) is 22.2 Å². The van der Waals surface area contributed by atoms with E-state index in [2.05, 4.69) is 37.2 Å². The number of halogens is 6. The molecule has 4 aromatic rings. The second-order valence-corrected chi connectivity index (χ2v) is 12.3. The highest BCUT2D eigenvalue weighted by atomic mass is 79.9. The fourth-order valence-electron chi connectivity index (χ4n) is 5.13. The Labute approximate surface area is 279 Å².